The molecule has 2 aromatic carbocycles. The number of carbonyl (C=O) groups excluding carboxylic acids is 1. The molecule has 0 aromatic heterocycles. The van der Waals surface area contributed by atoms with Gasteiger partial charge >= 0.3 is 0 Å². The van der Waals surface area contributed by atoms with Crippen LogP contribution in [0.15, 0.2) is 52.0 Å². The number of hydrazone groups is 1. The highest BCUT2D eigenvalue weighted by molar-refractivity contribution is 9.10. The van der Waals surface area contributed by atoms with E-state index >= 15 is 0 Å². The van der Waals surface area contributed by atoms with Gasteiger partial charge in [-0.25, -0.2) is 5.43 Å². The van der Waals surface area contributed by atoms with Crippen LogP contribution in [0.4, 0.5) is 11.4 Å². The fourth-order valence-electron chi connectivity index (χ4n) is 3.20. The monoisotopic (exact) mass is 533 g/mol. The Balaban J connectivity index is 1.44. The molecule has 11 heteroatoms. The second-order valence-corrected chi connectivity index (χ2v) is 9.48. The lowest BCUT2D eigenvalue weighted by Crippen LogP contribution is -2.49. The maximum Gasteiger partial charge on any atom is 0.273 e. The SMILES string of the molecule is CC(C)(CNc1ccc(C2=NNC(=O)CC2)cc1)NCC(O)COc1cc([N+](=O)[O-])ccc1Br. The van der Waals surface area contributed by atoms with Crippen molar-refractivity contribution in [2.75, 3.05) is 25.0 Å². The number of hydrogen-bond acceptors (Lipinski definition) is 8. The van der Waals surface area contributed by atoms with Crippen molar-refractivity contribution in [1.82, 2.24) is 10.7 Å². The van der Waals surface area contributed by atoms with Gasteiger partial charge in [-0.2, -0.15) is 5.10 Å². The number of rotatable bonds is 11. The lowest BCUT2D eigenvalue weighted by Gasteiger charge is -2.28. The summed E-state index contributed by atoms with van der Waals surface area (Å²) in [6.45, 7) is 4.90. The molecule has 2 aromatic rings. The zero-order chi connectivity index (χ0) is 24.7. The Morgan fingerprint density at radius 1 is 1.26 bits per heavy atom. The summed E-state index contributed by atoms with van der Waals surface area (Å²) in [7, 11) is 0. The molecule has 34 heavy (non-hydrogen) atoms. The van der Waals surface area contributed by atoms with Crippen LogP contribution in [0.1, 0.15) is 32.3 Å². The van der Waals surface area contributed by atoms with E-state index in [9.17, 15) is 20.0 Å². The molecule has 4 N–H and O–H groups in total. The molecule has 182 valence electrons. The smallest absolute Gasteiger partial charge is 0.273 e. The molecule has 1 heterocycles. The maximum atomic E-state index is 11.2. The molecular weight excluding hydrogens is 506 g/mol. The number of benzene rings is 2. The number of amides is 1. The number of nitro benzene ring substituents is 1. The van der Waals surface area contributed by atoms with Gasteiger partial charge in [0.1, 0.15) is 18.5 Å². The van der Waals surface area contributed by atoms with Gasteiger partial charge in [0.25, 0.3) is 5.69 Å². The summed E-state index contributed by atoms with van der Waals surface area (Å²) in [6, 6.07) is 12.1. The quantitative estimate of drug-likeness (QED) is 0.257. The first kappa shape index (κ1) is 25.6. The third kappa shape index (κ3) is 7.51. The van der Waals surface area contributed by atoms with Crippen LogP contribution >= 0.6 is 15.9 Å². The van der Waals surface area contributed by atoms with Crippen molar-refractivity contribution in [3.8, 4) is 5.75 Å². The van der Waals surface area contributed by atoms with Gasteiger partial charge in [-0.15, -0.1) is 0 Å². The standard InChI is InChI=1S/C23H28BrN5O5/c1-23(2,14-25-16-5-3-15(4-6-16)20-9-10-22(31)28-27-20)26-12-18(30)13-34-21-11-17(29(32)33)7-8-19(21)24/h3-8,11,18,25-26,30H,9-10,12-14H2,1-2H3,(H,28,31). The normalized spacial score (nSPS) is 14.7. The number of aliphatic hydroxyl groups excluding tert-OH is 1. The Morgan fingerprint density at radius 3 is 2.65 bits per heavy atom. The zero-order valence-electron chi connectivity index (χ0n) is 19.0. The first-order valence-corrected chi connectivity index (χ1v) is 11.6. The van der Waals surface area contributed by atoms with Gasteiger partial charge in [-0.3, -0.25) is 14.9 Å². The van der Waals surface area contributed by atoms with Crippen LogP contribution in [0.2, 0.25) is 0 Å². The van der Waals surface area contributed by atoms with Crippen molar-refractivity contribution in [1.29, 1.82) is 0 Å². The highest BCUT2D eigenvalue weighted by Gasteiger charge is 2.20. The summed E-state index contributed by atoms with van der Waals surface area (Å²) < 4.78 is 6.14. The number of aliphatic hydroxyl groups is 1. The summed E-state index contributed by atoms with van der Waals surface area (Å²) in [5.41, 5.74) is 4.88. The van der Waals surface area contributed by atoms with Crippen LogP contribution < -0.4 is 20.8 Å². The number of carbonyl (C=O) groups is 1. The van der Waals surface area contributed by atoms with E-state index in [0.717, 1.165) is 17.0 Å². The Kier molecular flexibility index (Phi) is 8.59. The second-order valence-electron chi connectivity index (χ2n) is 8.63. The van der Waals surface area contributed by atoms with E-state index in [1.165, 1.54) is 12.1 Å². The minimum Gasteiger partial charge on any atom is -0.489 e. The number of ether oxygens (including phenoxy) is 1. The van der Waals surface area contributed by atoms with Crippen LogP contribution in [0.5, 0.6) is 5.75 Å². The van der Waals surface area contributed by atoms with Gasteiger partial charge in [-0.05, 0) is 53.5 Å². The fourth-order valence-corrected chi connectivity index (χ4v) is 3.56. The van der Waals surface area contributed by atoms with Crippen LogP contribution in [0.3, 0.4) is 0 Å². The van der Waals surface area contributed by atoms with Crippen molar-refractivity contribution in [3.05, 3.63) is 62.6 Å². The molecule has 0 saturated carbocycles. The minimum absolute atomic E-state index is 0.0118. The predicted molar refractivity (Wildman–Crippen MR) is 133 cm³/mol. The molecule has 10 nitrogen and oxygen atoms in total. The van der Waals surface area contributed by atoms with E-state index in [0.29, 0.717) is 29.6 Å². The van der Waals surface area contributed by atoms with E-state index in [4.69, 9.17) is 4.74 Å². The van der Waals surface area contributed by atoms with Crippen molar-refractivity contribution in [3.63, 3.8) is 0 Å². The molecule has 1 unspecified atom stereocenters. The van der Waals surface area contributed by atoms with Gasteiger partial charge < -0.3 is 20.5 Å². The van der Waals surface area contributed by atoms with Gasteiger partial charge in [0.05, 0.1) is 21.2 Å². The number of anilines is 1. The Morgan fingerprint density at radius 2 is 2.00 bits per heavy atom. The molecule has 1 amide bonds. The van der Waals surface area contributed by atoms with Crippen molar-refractivity contribution in [2.24, 2.45) is 5.10 Å². The fraction of sp³-hybridized carbons (Fsp3) is 0.391. The average Bonchev–Trinajstić information content (AvgIpc) is 2.82. The number of nitro groups is 1. The Bertz CT molecular complexity index is 1060. The summed E-state index contributed by atoms with van der Waals surface area (Å²) in [4.78, 5) is 21.7. The van der Waals surface area contributed by atoms with E-state index < -0.39 is 11.0 Å². The number of hydrogen-bond donors (Lipinski definition) is 4. The summed E-state index contributed by atoms with van der Waals surface area (Å²) >= 11 is 3.30. The van der Waals surface area contributed by atoms with Crippen molar-refractivity contribution < 1.29 is 19.6 Å². The highest BCUT2D eigenvalue weighted by Crippen LogP contribution is 2.29. The largest absolute Gasteiger partial charge is 0.489 e. The number of nitrogens with zero attached hydrogens (tertiary/aromatic N) is 2. The van der Waals surface area contributed by atoms with Crippen LogP contribution in [-0.4, -0.2) is 53.0 Å². The minimum atomic E-state index is -0.804. The van der Waals surface area contributed by atoms with E-state index in [-0.39, 0.29) is 30.3 Å². The first-order valence-electron chi connectivity index (χ1n) is 10.8. The average molecular weight is 534 g/mol. The maximum absolute atomic E-state index is 11.2. The molecule has 0 aliphatic carbocycles. The third-order valence-corrected chi connectivity index (χ3v) is 5.89. The summed E-state index contributed by atoms with van der Waals surface area (Å²) in [5.74, 6) is 0.240. The molecule has 1 aliphatic heterocycles. The van der Waals surface area contributed by atoms with Crippen LogP contribution in [-0.2, 0) is 4.79 Å². The Hall–Kier alpha value is -3.02. The van der Waals surface area contributed by atoms with Gasteiger partial charge in [-0.1, -0.05) is 12.1 Å². The topological polar surface area (TPSA) is 138 Å². The van der Waals surface area contributed by atoms with E-state index in [2.05, 4.69) is 37.1 Å². The lowest BCUT2D eigenvalue weighted by atomic mass is 10.0. The zero-order valence-corrected chi connectivity index (χ0v) is 20.6. The Labute approximate surface area is 206 Å². The third-order valence-electron chi connectivity index (χ3n) is 5.23. The van der Waals surface area contributed by atoms with Crippen LogP contribution in [0, 0.1) is 10.1 Å². The molecule has 0 spiro atoms. The second kappa shape index (κ2) is 11.4. The van der Waals surface area contributed by atoms with E-state index in [1.807, 2.05) is 38.1 Å². The molecule has 3 rings (SSSR count). The first-order chi connectivity index (χ1) is 16.1. The number of non-ortho nitro benzene ring substituents is 1. The van der Waals surface area contributed by atoms with Crippen LogP contribution in [0.25, 0.3) is 0 Å². The molecule has 0 bridgehead atoms. The summed E-state index contributed by atoms with van der Waals surface area (Å²) in [5, 5.41) is 32.0. The van der Waals surface area contributed by atoms with Crippen molar-refractivity contribution >= 4 is 38.9 Å². The number of nitrogens with one attached hydrogen (secondary N) is 3. The highest BCUT2D eigenvalue weighted by atomic mass is 79.9. The molecule has 1 aliphatic rings. The molecule has 0 radical (unpaired) electrons. The van der Waals surface area contributed by atoms with Gasteiger partial charge in [0.2, 0.25) is 5.91 Å². The van der Waals surface area contributed by atoms with Crippen molar-refractivity contribution in [2.45, 2.75) is 38.3 Å². The molecule has 1 atom stereocenters. The summed E-state index contributed by atoms with van der Waals surface area (Å²) in [6.07, 6.45) is 0.263. The number of β-amino-alcohol motifs (C(OH)–C–C–N with tert-alkyl or cyclic N) is 1. The van der Waals surface area contributed by atoms with Gasteiger partial charge in [0, 0.05) is 43.2 Å². The molecule has 0 saturated heterocycles. The number of halogens is 1. The predicted octanol–water partition coefficient (Wildman–Crippen LogP) is 3.19. The molecular formula is C23H28BrN5O5. The van der Waals surface area contributed by atoms with Gasteiger partial charge in [0.15, 0.2) is 0 Å². The lowest BCUT2D eigenvalue weighted by molar-refractivity contribution is -0.385. The molecule has 0 fully saturated rings. The van der Waals surface area contributed by atoms with E-state index in [1.54, 1.807) is 6.07 Å².